The van der Waals surface area contributed by atoms with Gasteiger partial charge < -0.3 is 15.5 Å². The minimum atomic E-state index is -0.101. The highest BCUT2D eigenvalue weighted by Crippen LogP contribution is 2.55. The molecule has 0 aliphatic heterocycles. The van der Waals surface area contributed by atoms with Gasteiger partial charge in [0.2, 0.25) is 5.91 Å². The van der Waals surface area contributed by atoms with Gasteiger partial charge >= 0.3 is 6.03 Å². The summed E-state index contributed by atoms with van der Waals surface area (Å²) in [6.07, 6.45) is 7.86. The molecule has 0 radical (unpaired) electrons. The quantitative estimate of drug-likeness (QED) is 0.788. The van der Waals surface area contributed by atoms with Crippen molar-refractivity contribution in [2.45, 2.75) is 64.0 Å². The molecule has 4 bridgehead atoms. The first kappa shape index (κ1) is 19.3. The molecular weight excluding hydrogens is 350 g/mol. The van der Waals surface area contributed by atoms with Crippen LogP contribution in [-0.2, 0) is 11.3 Å². The fourth-order valence-corrected chi connectivity index (χ4v) is 6.15. The van der Waals surface area contributed by atoms with Crippen molar-refractivity contribution in [2.24, 2.45) is 17.8 Å². The summed E-state index contributed by atoms with van der Waals surface area (Å²) < 4.78 is 0. The van der Waals surface area contributed by atoms with Crippen molar-refractivity contribution in [2.75, 3.05) is 13.6 Å². The molecule has 5 heteroatoms. The molecule has 0 unspecified atom stereocenters. The zero-order valence-electron chi connectivity index (χ0n) is 17.2. The lowest BCUT2D eigenvalue weighted by Crippen LogP contribution is -2.61. The topological polar surface area (TPSA) is 61.4 Å². The number of aryl methyl sites for hydroxylation is 1. The molecule has 1 aromatic rings. The summed E-state index contributed by atoms with van der Waals surface area (Å²) in [6.45, 7) is 3.05. The van der Waals surface area contributed by atoms with Gasteiger partial charge in [-0.3, -0.25) is 4.79 Å². The van der Waals surface area contributed by atoms with Crippen LogP contribution in [0.5, 0.6) is 0 Å². The largest absolute Gasteiger partial charge is 0.341 e. The molecule has 4 saturated carbocycles. The fraction of sp³-hybridized carbons (Fsp3) is 0.652. The molecule has 5 rings (SSSR count). The molecule has 4 aliphatic rings. The standard InChI is InChI=1S/C23H33N3O2/c1-16-5-3-4-6-20(16)15-26(2)21(27)7-8-24-22(28)25-23-12-17-9-18(13-23)11-19(10-17)14-23/h3-6,17-19H,7-15H2,1-2H3,(H2,24,25,28). The Hall–Kier alpha value is -2.04. The van der Waals surface area contributed by atoms with Gasteiger partial charge in [0.1, 0.15) is 0 Å². The SMILES string of the molecule is Cc1ccccc1CN(C)C(=O)CCNC(=O)NC12CC3CC(CC(C3)C1)C2. The molecule has 28 heavy (non-hydrogen) atoms. The third kappa shape index (κ3) is 4.18. The number of benzene rings is 1. The van der Waals surface area contributed by atoms with Crippen molar-refractivity contribution < 1.29 is 9.59 Å². The summed E-state index contributed by atoms with van der Waals surface area (Å²) in [7, 11) is 1.82. The number of rotatable bonds is 6. The van der Waals surface area contributed by atoms with E-state index >= 15 is 0 Å². The van der Waals surface area contributed by atoms with Crippen LogP contribution in [0, 0.1) is 24.7 Å². The lowest BCUT2D eigenvalue weighted by atomic mass is 9.53. The van der Waals surface area contributed by atoms with Gasteiger partial charge in [0.15, 0.2) is 0 Å². The van der Waals surface area contributed by atoms with E-state index in [4.69, 9.17) is 0 Å². The second kappa shape index (κ2) is 7.76. The zero-order valence-corrected chi connectivity index (χ0v) is 17.2. The highest BCUT2D eigenvalue weighted by Gasteiger charge is 2.51. The maximum absolute atomic E-state index is 12.5. The number of hydrogen-bond acceptors (Lipinski definition) is 2. The maximum Gasteiger partial charge on any atom is 0.315 e. The van der Waals surface area contributed by atoms with E-state index in [0.717, 1.165) is 42.6 Å². The van der Waals surface area contributed by atoms with E-state index in [1.165, 1.54) is 24.8 Å². The highest BCUT2D eigenvalue weighted by molar-refractivity contribution is 5.78. The number of nitrogens with one attached hydrogen (secondary N) is 2. The number of hydrogen-bond donors (Lipinski definition) is 2. The molecule has 4 aliphatic carbocycles. The minimum absolute atomic E-state index is 0.0183. The predicted octanol–water partition coefficient (Wildman–Crippen LogP) is 3.61. The van der Waals surface area contributed by atoms with E-state index in [0.29, 0.717) is 19.5 Å². The molecule has 0 heterocycles. The molecule has 0 aromatic heterocycles. The Morgan fingerprint density at radius 2 is 1.68 bits per heavy atom. The molecule has 0 saturated heterocycles. The van der Waals surface area contributed by atoms with Gasteiger partial charge in [-0.15, -0.1) is 0 Å². The van der Waals surface area contributed by atoms with Crippen molar-refractivity contribution in [3.05, 3.63) is 35.4 Å². The molecule has 0 spiro atoms. The Kier molecular flexibility index (Phi) is 5.35. The van der Waals surface area contributed by atoms with Crippen molar-refractivity contribution in [3.63, 3.8) is 0 Å². The normalized spacial score (nSPS) is 30.1. The number of carbonyl (C=O) groups excluding carboxylic acids is 2. The Morgan fingerprint density at radius 3 is 2.29 bits per heavy atom. The molecule has 5 nitrogen and oxygen atoms in total. The first-order valence-electron chi connectivity index (χ1n) is 10.8. The average Bonchev–Trinajstić information content (AvgIpc) is 2.61. The van der Waals surface area contributed by atoms with E-state index in [-0.39, 0.29) is 17.5 Å². The average molecular weight is 384 g/mol. The van der Waals surface area contributed by atoms with Crippen LogP contribution in [0.25, 0.3) is 0 Å². The summed E-state index contributed by atoms with van der Waals surface area (Å²) in [4.78, 5) is 26.6. The monoisotopic (exact) mass is 383 g/mol. The minimum Gasteiger partial charge on any atom is -0.341 e. The van der Waals surface area contributed by atoms with Crippen LogP contribution >= 0.6 is 0 Å². The van der Waals surface area contributed by atoms with Crippen molar-refractivity contribution in [1.29, 1.82) is 0 Å². The predicted molar refractivity (Wildman–Crippen MR) is 110 cm³/mol. The molecule has 3 amide bonds. The van der Waals surface area contributed by atoms with Crippen LogP contribution in [0.3, 0.4) is 0 Å². The molecule has 1 aromatic carbocycles. The lowest BCUT2D eigenvalue weighted by Gasteiger charge is -2.56. The van der Waals surface area contributed by atoms with Crippen LogP contribution in [0.15, 0.2) is 24.3 Å². The third-order valence-corrected chi connectivity index (χ3v) is 7.14. The smallest absolute Gasteiger partial charge is 0.315 e. The van der Waals surface area contributed by atoms with Crippen LogP contribution in [0.2, 0.25) is 0 Å². The first-order valence-corrected chi connectivity index (χ1v) is 10.8. The highest BCUT2D eigenvalue weighted by atomic mass is 16.2. The second-order valence-electron chi connectivity index (χ2n) is 9.51. The summed E-state index contributed by atoms with van der Waals surface area (Å²) in [5, 5.41) is 6.22. The summed E-state index contributed by atoms with van der Waals surface area (Å²) >= 11 is 0. The van der Waals surface area contributed by atoms with Crippen molar-refractivity contribution in [1.82, 2.24) is 15.5 Å². The van der Waals surface area contributed by atoms with Crippen molar-refractivity contribution >= 4 is 11.9 Å². The van der Waals surface area contributed by atoms with Gasteiger partial charge in [0.25, 0.3) is 0 Å². The van der Waals surface area contributed by atoms with Gasteiger partial charge in [0.05, 0.1) is 0 Å². The number of amides is 3. The Morgan fingerprint density at radius 1 is 1.07 bits per heavy atom. The van der Waals surface area contributed by atoms with Gasteiger partial charge in [-0.25, -0.2) is 4.79 Å². The summed E-state index contributed by atoms with van der Waals surface area (Å²) in [6, 6.07) is 8.01. The summed E-state index contributed by atoms with van der Waals surface area (Å²) in [5.41, 5.74) is 2.37. The Labute approximate surface area is 168 Å². The lowest BCUT2D eigenvalue weighted by molar-refractivity contribution is -0.130. The van der Waals surface area contributed by atoms with E-state index in [9.17, 15) is 9.59 Å². The van der Waals surface area contributed by atoms with Gasteiger partial charge in [0, 0.05) is 32.1 Å². The molecular formula is C23H33N3O2. The second-order valence-corrected chi connectivity index (χ2v) is 9.51. The number of urea groups is 1. The zero-order chi connectivity index (χ0) is 19.7. The van der Waals surface area contributed by atoms with E-state index in [1.807, 2.05) is 19.2 Å². The number of nitrogens with zero attached hydrogens (tertiary/aromatic N) is 1. The molecule has 0 atom stereocenters. The van der Waals surface area contributed by atoms with Crippen LogP contribution in [0.4, 0.5) is 4.79 Å². The van der Waals surface area contributed by atoms with Crippen LogP contribution in [-0.4, -0.2) is 36.0 Å². The molecule has 4 fully saturated rings. The van der Waals surface area contributed by atoms with Crippen LogP contribution in [0.1, 0.15) is 56.1 Å². The van der Waals surface area contributed by atoms with Gasteiger partial charge in [-0.2, -0.15) is 0 Å². The first-order chi connectivity index (χ1) is 13.4. The van der Waals surface area contributed by atoms with Crippen LogP contribution < -0.4 is 10.6 Å². The van der Waals surface area contributed by atoms with Crippen molar-refractivity contribution in [3.8, 4) is 0 Å². The Balaban J connectivity index is 1.21. The molecule has 152 valence electrons. The molecule has 2 N–H and O–H groups in total. The number of carbonyl (C=O) groups is 2. The van der Waals surface area contributed by atoms with E-state index in [1.54, 1.807) is 4.90 Å². The maximum atomic E-state index is 12.5. The van der Waals surface area contributed by atoms with Gasteiger partial charge in [-0.1, -0.05) is 24.3 Å². The Bertz CT molecular complexity index is 710. The van der Waals surface area contributed by atoms with E-state index < -0.39 is 0 Å². The summed E-state index contributed by atoms with van der Waals surface area (Å²) in [5.74, 6) is 2.48. The third-order valence-electron chi connectivity index (χ3n) is 7.14. The van der Waals surface area contributed by atoms with E-state index in [2.05, 4.69) is 29.7 Å². The van der Waals surface area contributed by atoms with Gasteiger partial charge in [-0.05, 0) is 74.3 Å². The fourth-order valence-electron chi connectivity index (χ4n) is 6.15.